The Morgan fingerprint density at radius 2 is 2.25 bits per heavy atom. The van der Waals surface area contributed by atoms with Crippen molar-refractivity contribution >= 4 is 5.69 Å². The smallest absolute Gasteiger partial charge is 0.185 e. The van der Waals surface area contributed by atoms with E-state index in [0.717, 1.165) is 30.2 Å². The lowest BCUT2D eigenvalue weighted by molar-refractivity contribution is 0.103. The number of para-hydroxylation sites is 1. The molecule has 1 aliphatic rings. The van der Waals surface area contributed by atoms with Crippen LogP contribution in [0.4, 0.5) is 5.69 Å². The molecule has 3 nitrogen and oxygen atoms in total. The van der Waals surface area contributed by atoms with Crippen LogP contribution in [0.3, 0.4) is 0 Å². The fourth-order valence-electron chi connectivity index (χ4n) is 1.86. The van der Waals surface area contributed by atoms with Gasteiger partial charge in [0.1, 0.15) is 5.60 Å². The van der Waals surface area contributed by atoms with Crippen molar-refractivity contribution in [3.8, 4) is 11.5 Å². The van der Waals surface area contributed by atoms with Crippen LogP contribution in [0.15, 0.2) is 18.2 Å². The molecule has 0 amide bonds. The zero-order valence-corrected chi connectivity index (χ0v) is 10.2. The van der Waals surface area contributed by atoms with Gasteiger partial charge in [0.05, 0.1) is 12.3 Å². The first-order chi connectivity index (χ1) is 7.62. The molecule has 0 radical (unpaired) electrons. The molecule has 16 heavy (non-hydrogen) atoms. The number of fused-ring (bicyclic) bond motifs is 1. The maximum absolute atomic E-state index is 6.04. The molecule has 1 heterocycles. The van der Waals surface area contributed by atoms with Crippen LogP contribution < -0.4 is 14.8 Å². The molecular formula is C13H19NO2. The molecule has 1 aliphatic heterocycles. The molecule has 1 aromatic carbocycles. The van der Waals surface area contributed by atoms with Gasteiger partial charge in [0.2, 0.25) is 0 Å². The van der Waals surface area contributed by atoms with Crippen LogP contribution in [0.5, 0.6) is 11.5 Å². The number of hydrogen-bond donors (Lipinski definition) is 1. The molecule has 1 N–H and O–H groups in total. The number of ether oxygens (including phenoxy) is 2. The third-order valence-electron chi connectivity index (χ3n) is 2.70. The standard InChI is InChI=1S/C13H19NO2/c1-4-15-11-7-5-6-10-12(11)16-13(2,3)8-9-14-10/h5-7,14H,4,8-9H2,1-3H3. The van der Waals surface area contributed by atoms with Crippen LogP contribution in [0.2, 0.25) is 0 Å². The van der Waals surface area contributed by atoms with E-state index < -0.39 is 0 Å². The van der Waals surface area contributed by atoms with Crippen LogP contribution in [0.1, 0.15) is 27.2 Å². The van der Waals surface area contributed by atoms with E-state index in [9.17, 15) is 0 Å². The van der Waals surface area contributed by atoms with E-state index in [1.54, 1.807) is 0 Å². The molecule has 0 atom stereocenters. The molecule has 0 unspecified atom stereocenters. The minimum Gasteiger partial charge on any atom is -0.490 e. The van der Waals surface area contributed by atoms with Gasteiger partial charge in [0.25, 0.3) is 0 Å². The first-order valence-corrected chi connectivity index (χ1v) is 5.81. The minimum absolute atomic E-state index is 0.147. The van der Waals surface area contributed by atoms with Gasteiger partial charge < -0.3 is 14.8 Å². The maximum atomic E-state index is 6.04. The summed E-state index contributed by atoms with van der Waals surface area (Å²) in [7, 11) is 0. The van der Waals surface area contributed by atoms with Crippen molar-refractivity contribution in [2.24, 2.45) is 0 Å². The summed E-state index contributed by atoms with van der Waals surface area (Å²) in [6.45, 7) is 7.77. The van der Waals surface area contributed by atoms with Crippen molar-refractivity contribution in [3.63, 3.8) is 0 Å². The van der Waals surface area contributed by atoms with Crippen molar-refractivity contribution in [2.45, 2.75) is 32.8 Å². The fraction of sp³-hybridized carbons (Fsp3) is 0.538. The summed E-state index contributed by atoms with van der Waals surface area (Å²) in [6, 6.07) is 5.96. The highest BCUT2D eigenvalue weighted by Gasteiger charge is 2.26. The van der Waals surface area contributed by atoms with Gasteiger partial charge in [-0.05, 0) is 32.9 Å². The van der Waals surface area contributed by atoms with Gasteiger partial charge in [0, 0.05) is 13.0 Å². The Kier molecular flexibility index (Phi) is 2.95. The molecule has 0 aliphatic carbocycles. The second kappa shape index (κ2) is 4.24. The van der Waals surface area contributed by atoms with Crippen molar-refractivity contribution in [3.05, 3.63) is 18.2 Å². The van der Waals surface area contributed by atoms with Crippen LogP contribution >= 0.6 is 0 Å². The molecule has 0 saturated carbocycles. The van der Waals surface area contributed by atoms with Gasteiger partial charge in [-0.2, -0.15) is 0 Å². The predicted octanol–water partition coefficient (Wildman–Crippen LogP) is 3.06. The molecule has 3 heteroatoms. The number of hydrogen-bond acceptors (Lipinski definition) is 3. The molecule has 1 aromatic rings. The van der Waals surface area contributed by atoms with Crippen LogP contribution in [0, 0.1) is 0 Å². The fourth-order valence-corrected chi connectivity index (χ4v) is 1.86. The minimum atomic E-state index is -0.147. The molecular weight excluding hydrogens is 202 g/mol. The molecule has 0 bridgehead atoms. The van der Waals surface area contributed by atoms with Gasteiger partial charge in [-0.3, -0.25) is 0 Å². The van der Waals surface area contributed by atoms with E-state index in [1.807, 2.05) is 25.1 Å². The quantitative estimate of drug-likeness (QED) is 0.832. The first kappa shape index (κ1) is 11.1. The Balaban J connectivity index is 2.38. The van der Waals surface area contributed by atoms with E-state index in [0.29, 0.717) is 6.61 Å². The van der Waals surface area contributed by atoms with Gasteiger partial charge in [-0.1, -0.05) is 6.07 Å². The topological polar surface area (TPSA) is 30.5 Å². The highest BCUT2D eigenvalue weighted by molar-refractivity contribution is 5.63. The second-order valence-corrected chi connectivity index (χ2v) is 4.60. The van der Waals surface area contributed by atoms with E-state index in [-0.39, 0.29) is 5.60 Å². The third kappa shape index (κ3) is 2.23. The summed E-state index contributed by atoms with van der Waals surface area (Å²) in [5, 5.41) is 3.37. The lowest BCUT2D eigenvalue weighted by Gasteiger charge is -2.25. The highest BCUT2D eigenvalue weighted by Crippen LogP contribution is 2.40. The predicted molar refractivity (Wildman–Crippen MR) is 65.4 cm³/mol. The number of rotatable bonds is 2. The average molecular weight is 221 g/mol. The van der Waals surface area contributed by atoms with Crippen LogP contribution in [-0.2, 0) is 0 Å². The van der Waals surface area contributed by atoms with Gasteiger partial charge in [-0.15, -0.1) is 0 Å². The van der Waals surface area contributed by atoms with E-state index >= 15 is 0 Å². The van der Waals surface area contributed by atoms with Gasteiger partial charge >= 0.3 is 0 Å². The molecule has 0 aromatic heterocycles. The number of benzene rings is 1. The Morgan fingerprint density at radius 1 is 1.44 bits per heavy atom. The maximum Gasteiger partial charge on any atom is 0.185 e. The lowest BCUT2D eigenvalue weighted by Crippen LogP contribution is -2.28. The molecule has 0 saturated heterocycles. The van der Waals surface area contributed by atoms with E-state index in [4.69, 9.17) is 9.47 Å². The summed E-state index contributed by atoms with van der Waals surface area (Å²) in [4.78, 5) is 0. The zero-order chi connectivity index (χ0) is 11.6. The number of nitrogens with one attached hydrogen (secondary N) is 1. The normalized spacial score (nSPS) is 17.7. The lowest BCUT2D eigenvalue weighted by atomic mass is 10.1. The summed E-state index contributed by atoms with van der Waals surface area (Å²) in [5.74, 6) is 1.66. The average Bonchev–Trinajstić information content (AvgIpc) is 2.37. The Bertz CT molecular complexity index is 374. The monoisotopic (exact) mass is 221 g/mol. The highest BCUT2D eigenvalue weighted by atomic mass is 16.5. The summed E-state index contributed by atoms with van der Waals surface area (Å²) in [5.41, 5.74) is 0.877. The van der Waals surface area contributed by atoms with Gasteiger partial charge in [0.15, 0.2) is 11.5 Å². The van der Waals surface area contributed by atoms with Gasteiger partial charge in [-0.25, -0.2) is 0 Å². The second-order valence-electron chi connectivity index (χ2n) is 4.60. The van der Waals surface area contributed by atoms with Crippen molar-refractivity contribution < 1.29 is 9.47 Å². The number of anilines is 1. The molecule has 88 valence electrons. The van der Waals surface area contributed by atoms with E-state index in [1.165, 1.54) is 0 Å². The molecule has 0 fully saturated rings. The third-order valence-corrected chi connectivity index (χ3v) is 2.70. The van der Waals surface area contributed by atoms with Crippen molar-refractivity contribution in [1.29, 1.82) is 0 Å². The molecule has 2 rings (SSSR count). The summed E-state index contributed by atoms with van der Waals surface area (Å²) in [6.07, 6.45) is 0.979. The zero-order valence-electron chi connectivity index (χ0n) is 10.2. The first-order valence-electron chi connectivity index (χ1n) is 5.81. The Morgan fingerprint density at radius 3 is 3.00 bits per heavy atom. The molecule has 0 spiro atoms. The Hall–Kier alpha value is -1.38. The van der Waals surface area contributed by atoms with E-state index in [2.05, 4.69) is 19.2 Å². The summed E-state index contributed by atoms with van der Waals surface area (Å²) >= 11 is 0. The largest absolute Gasteiger partial charge is 0.490 e. The van der Waals surface area contributed by atoms with Crippen LogP contribution in [0.25, 0.3) is 0 Å². The SMILES string of the molecule is CCOc1cccc2c1OC(C)(C)CCN2. The van der Waals surface area contributed by atoms with Crippen LogP contribution in [-0.4, -0.2) is 18.8 Å². The van der Waals surface area contributed by atoms with Crippen molar-refractivity contribution in [1.82, 2.24) is 0 Å². The Labute approximate surface area is 96.8 Å². The summed E-state index contributed by atoms with van der Waals surface area (Å²) < 4.78 is 11.6. The van der Waals surface area contributed by atoms with Crippen molar-refractivity contribution in [2.75, 3.05) is 18.5 Å².